The number of carbonyl (C=O) groups is 1. The summed E-state index contributed by atoms with van der Waals surface area (Å²) < 4.78 is 3.97. The van der Waals surface area contributed by atoms with E-state index in [1.807, 2.05) is 0 Å². The van der Waals surface area contributed by atoms with E-state index in [9.17, 15) is 35.1 Å². The second kappa shape index (κ2) is 5.13. The fourth-order valence-corrected chi connectivity index (χ4v) is 1.44. The molecule has 0 heterocycles. The number of amides is 1. The van der Waals surface area contributed by atoms with Crippen LogP contribution in [0.4, 0.5) is 10.5 Å². The lowest BCUT2D eigenvalue weighted by molar-refractivity contribution is -0.858. The molecule has 0 spiro atoms. The van der Waals surface area contributed by atoms with E-state index in [4.69, 9.17) is 0 Å². The highest BCUT2D eigenvalue weighted by Gasteiger charge is 2.67. The van der Waals surface area contributed by atoms with Crippen LogP contribution in [-0.4, -0.2) is 20.9 Å². The third kappa shape index (κ3) is 2.29. The first-order chi connectivity index (χ1) is 9.23. The van der Waals surface area contributed by atoms with Crippen molar-refractivity contribution in [2.75, 3.05) is 0 Å². The minimum absolute atomic E-state index is 0.729. The summed E-state index contributed by atoms with van der Waals surface area (Å²) in [5.41, 5.74) is 2.59. The molecule has 1 aromatic carbocycles. The first-order valence-corrected chi connectivity index (χ1v) is 4.74. The lowest BCUT2D eigenvalue weighted by atomic mass is 10.1. The van der Waals surface area contributed by atoms with Crippen molar-refractivity contribution in [1.29, 1.82) is 0 Å². The highest BCUT2D eigenvalue weighted by Crippen LogP contribution is 2.34. The smallest absolute Gasteiger partial charge is 0.335 e. The van der Waals surface area contributed by atoms with Crippen LogP contribution in [0.5, 0.6) is 0 Å². The van der Waals surface area contributed by atoms with Crippen LogP contribution in [0.3, 0.4) is 0 Å². The van der Waals surface area contributed by atoms with Crippen molar-refractivity contribution in [3.63, 3.8) is 0 Å². The number of nitrogens with zero attached hydrogens (tertiary/aromatic N) is 3. The molecular weight excluding hydrogens is 280 g/mol. The summed E-state index contributed by atoms with van der Waals surface area (Å²) >= 11 is 0. The number of hydrogen-bond acceptors (Lipinski definition) is 8. The van der Waals surface area contributed by atoms with E-state index >= 15 is 0 Å². The topological polar surface area (TPSA) is 182 Å². The molecular formula is C8H6N4O8. The SMILES string of the molecule is NC(=O)OC(c1ccccc1[N+](=O)[O-])([N+](=O)[O-])[N+](=O)[O-]. The molecule has 0 fully saturated rings. The molecule has 106 valence electrons. The van der Waals surface area contributed by atoms with Crippen molar-refractivity contribution in [2.24, 2.45) is 5.73 Å². The summed E-state index contributed by atoms with van der Waals surface area (Å²) in [5.74, 6) is -3.69. The number of nitrogens with two attached hydrogens (primary N) is 1. The van der Waals surface area contributed by atoms with E-state index < -0.39 is 38.0 Å². The van der Waals surface area contributed by atoms with Crippen LogP contribution >= 0.6 is 0 Å². The van der Waals surface area contributed by atoms with Gasteiger partial charge in [-0.3, -0.25) is 30.3 Å². The molecule has 1 aromatic rings. The van der Waals surface area contributed by atoms with Crippen molar-refractivity contribution in [2.45, 2.75) is 5.85 Å². The quantitative estimate of drug-likeness (QED) is 0.456. The van der Waals surface area contributed by atoms with Crippen molar-refractivity contribution in [3.05, 3.63) is 60.2 Å². The van der Waals surface area contributed by atoms with Crippen molar-refractivity contribution in [3.8, 4) is 0 Å². The monoisotopic (exact) mass is 286 g/mol. The summed E-state index contributed by atoms with van der Waals surface area (Å²) in [6, 6.07) is 3.74. The summed E-state index contributed by atoms with van der Waals surface area (Å²) in [7, 11) is 0. The molecule has 20 heavy (non-hydrogen) atoms. The molecule has 0 unspecified atom stereocenters. The summed E-state index contributed by atoms with van der Waals surface area (Å²) in [6.45, 7) is 0. The number of nitro benzene ring substituents is 1. The molecule has 0 aliphatic heterocycles. The van der Waals surface area contributed by atoms with Crippen molar-refractivity contribution in [1.82, 2.24) is 0 Å². The number of primary amides is 1. The van der Waals surface area contributed by atoms with Crippen LogP contribution in [0, 0.1) is 30.3 Å². The molecule has 12 heteroatoms. The van der Waals surface area contributed by atoms with Crippen LogP contribution in [0.15, 0.2) is 24.3 Å². The predicted octanol–water partition coefficient (Wildman–Crippen LogP) is 0.354. The van der Waals surface area contributed by atoms with Gasteiger partial charge in [-0.2, -0.15) is 0 Å². The predicted molar refractivity (Wildman–Crippen MR) is 59.4 cm³/mol. The summed E-state index contributed by atoms with van der Waals surface area (Å²) in [4.78, 5) is 39.2. The maximum absolute atomic E-state index is 11.0. The molecule has 1 rings (SSSR count). The van der Waals surface area contributed by atoms with Gasteiger partial charge in [-0.1, -0.05) is 12.1 Å². The molecule has 0 saturated heterocycles. The van der Waals surface area contributed by atoms with Gasteiger partial charge in [0, 0.05) is 6.07 Å². The van der Waals surface area contributed by atoms with Crippen LogP contribution in [0.1, 0.15) is 5.56 Å². The average molecular weight is 286 g/mol. The Morgan fingerprint density at radius 1 is 1.10 bits per heavy atom. The number of para-hydroxylation sites is 1. The zero-order valence-electron chi connectivity index (χ0n) is 9.49. The Labute approximate surface area is 109 Å². The number of hydrogen-bond donors (Lipinski definition) is 1. The molecule has 0 radical (unpaired) electrons. The second-order valence-corrected chi connectivity index (χ2v) is 3.32. The van der Waals surface area contributed by atoms with Crippen LogP contribution in [-0.2, 0) is 10.6 Å². The van der Waals surface area contributed by atoms with E-state index in [0.717, 1.165) is 24.3 Å². The molecule has 0 saturated carbocycles. The summed E-state index contributed by atoms with van der Waals surface area (Å²) in [6.07, 6.45) is -1.82. The number of ether oxygens (including phenoxy) is 1. The van der Waals surface area contributed by atoms with Gasteiger partial charge >= 0.3 is 11.9 Å². The minimum Gasteiger partial charge on any atom is -0.335 e. The van der Waals surface area contributed by atoms with E-state index in [1.165, 1.54) is 0 Å². The normalized spacial score (nSPS) is 10.6. The van der Waals surface area contributed by atoms with Gasteiger partial charge in [-0.15, -0.1) is 0 Å². The molecule has 2 N–H and O–H groups in total. The number of rotatable bonds is 5. The number of benzene rings is 1. The van der Waals surface area contributed by atoms with Gasteiger partial charge in [0.2, 0.25) is 5.56 Å². The Balaban J connectivity index is 3.69. The molecule has 12 nitrogen and oxygen atoms in total. The molecule has 0 bridgehead atoms. The Bertz CT molecular complexity index is 586. The standard InChI is InChI=1S/C8H6N4O8/c9-7(13)20-8(11(16)17,12(18)19)5-3-1-2-4-6(5)10(14)15/h1-4H,(H2,9,13). The van der Waals surface area contributed by atoms with Crippen LogP contribution < -0.4 is 5.73 Å². The van der Waals surface area contributed by atoms with Gasteiger partial charge in [-0.05, 0) is 6.07 Å². The number of carbonyl (C=O) groups excluding carboxylic acids is 1. The summed E-state index contributed by atoms with van der Waals surface area (Å²) in [5, 5.41) is 32.8. The van der Waals surface area contributed by atoms with E-state index in [0.29, 0.717) is 0 Å². The molecule has 0 aliphatic carbocycles. The van der Waals surface area contributed by atoms with Crippen molar-refractivity contribution >= 4 is 11.8 Å². The van der Waals surface area contributed by atoms with Gasteiger partial charge in [0.05, 0.1) is 4.92 Å². The van der Waals surface area contributed by atoms with E-state index in [-0.39, 0.29) is 0 Å². The van der Waals surface area contributed by atoms with Gasteiger partial charge < -0.3 is 10.5 Å². The van der Waals surface area contributed by atoms with Crippen LogP contribution in [0.25, 0.3) is 0 Å². The zero-order chi connectivity index (χ0) is 15.5. The van der Waals surface area contributed by atoms with Gasteiger partial charge in [0.25, 0.3) is 5.69 Å². The highest BCUT2D eigenvalue weighted by atomic mass is 16.8. The first kappa shape index (κ1) is 14.7. The number of nitro groups is 3. The Hall–Kier alpha value is -3.31. The molecule has 0 aromatic heterocycles. The van der Waals surface area contributed by atoms with Gasteiger partial charge in [-0.25, -0.2) is 4.79 Å². The highest BCUT2D eigenvalue weighted by molar-refractivity contribution is 5.65. The third-order valence-corrected chi connectivity index (χ3v) is 2.19. The molecule has 0 aliphatic rings. The maximum Gasteiger partial charge on any atom is 0.659 e. The second-order valence-electron chi connectivity index (χ2n) is 3.32. The molecule has 1 amide bonds. The van der Waals surface area contributed by atoms with E-state index in [1.54, 1.807) is 0 Å². The lowest BCUT2D eigenvalue weighted by Crippen LogP contribution is -2.48. The lowest BCUT2D eigenvalue weighted by Gasteiger charge is -2.15. The van der Waals surface area contributed by atoms with Crippen LogP contribution in [0.2, 0.25) is 0 Å². The average Bonchev–Trinajstić information content (AvgIpc) is 2.34. The zero-order valence-corrected chi connectivity index (χ0v) is 9.49. The van der Waals surface area contributed by atoms with E-state index in [2.05, 4.69) is 10.5 Å². The largest absolute Gasteiger partial charge is 0.659 e. The van der Waals surface area contributed by atoms with Gasteiger partial charge in [0.15, 0.2) is 0 Å². The first-order valence-electron chi connectivity index (χ1n) is 4.74. The molecule has 0 atom stereocenters. The Morgan fingerprint density at radius 2 is 1.60 bits per heavy atom. The Kier molecular flexibility index (Phi) is 3.78. The van der Waals surface area contributed by atoms with Crippen molar-refractivity contribution < 1.29 is 24.3 Å². The van der Waals surface area contributed by atoms with Gasteiger partial charge in [0.1, 0.15) is 9.85 Å². The Morgan fingerprint density at radius 3 is 2.00 bits per heavy atom. The fraction of sp³-hybridized carbons (Fsp3) is 0.125. The maximum atomic E-state index is 11.0. The fourth-order valence-electron chi connectivity index (χ4n) is 1.44. The third-order valence-electron chi connectivity index (χ3n) is 2.19. The minimum atomic E-state index is -3.69.